The van der Waals surface area contributed by atoms with Crippen molar-refractivity contribution in [3.8, 4) is 0 Å². The summed E-state index contributed by atoms with van der Waals surface area (Å²) in [7, 11) is 4.49. The summed E-state index contributed by atoms with van der Waals surface area (Å²) in [5.41, 5.74) is 0. The quantitative estimate of drug-likeness (QED) is 0.701. The molecule has 1 amide bonds. The van der Waals surface area contributed by atoms with Gasteiger partial charge in [-0.2, -0.15) is 0 Å². The molecule has 3 aliphatic heterocycles. The van der Waals surface area contributed by atoms with E-state index < -0.39 is 0 Å². The molecule has 0 spiro atoms. The molecule has 3 rings (SSSR count). The predicted octanol–water partition coefficient (Wildman–Crippen LogP) is 0.881. The molecule has 0 aromatic carbocycles. The van der Waals surface area contributed by atoms with E-state index in [2.05, 4.69) is 37.7 Å². The SMILES string of the molecule is CC(C)N1C[C@H]2CN(C(=O)[C@@H]3CC[N+](C)(C)C3)C[C@@H]2C1. The van der Waals surface area contributed by atoms with Crippen LogP contribution in [0.25, 0.3) is 0 Å². The lowest BCUT2D eigenvalue weighted by Gasteiger charge is -2.26. The number of carbonyl (C=O) groups excluding carboxylic acids is 1. The molecule has 20 heavy (non-hydrogen) atoms. The minimum absolute atomic E-state index is 0.282. The van der Waals surface area contributed by atoms with E-state index in [9.17, 15) is 4.79 Å². The number of hydrogen-bond acceptors (Lipinski definition) is 2. The molecule has 0 aromatic heterocycles. The number of quaternary nitrogens is 1. The summed E-state index contributed by atoms with van der Waals surface area (Å²) in [5, 5.41) is 0. The molecule has 0 radical (unpaired) electrons. The number of nitrogens with zero attached hydrogens (tertiary/aromatic N) is 3. The van der Waals surface area contributed by atoms with Crippen molar-refractivity contribution in [3.05, 3.63) is 0 Å². The number of fused-ring (bicyclic) bond motifs is 1. The third kappa shape index (κ3) is 2.60. The third-order valence-electron chi connectivity index (χ3n) is 5.70. The topological polar surface area (TPSA) is 23.6 Å². The van der Waals surface area contributed by atoms with Gasteiger partial charge in [0.2, 0.25) is 5.91 Å². The van der Waals surface area contributed by atoms with Gasteiger partial charge in [-0.25, -0.2) is 0 Å². The van der Waals surface area contributed by atoms with Gasteiger partial charge < -0.3 is 14.3 Å². The Morgan fingerprint density at radius 1 is 1.10 bits per heavy atom. The van der Waals surface area contributed by atoms with Gasteiger partial charge in [0.15, 0.2) is 0 Å². The maximum absolute atomic E-state index is 12.7. The standard InChI is InChI=1S/C16H30N3O/c1-12(2)17-7-14-9-18(10-15(14)8-17)16(20)13-5-6-19(3,4)11-13/h12-15H,5-11H2,1-4H3/q+1/t13-,14+,15+/m1/s1. The van der Waals surface area contributed by atoms with Gasteiger partial charge in [-0.15, -0.1) is 0 Å². The van der Waals surface area contributed by atoms with Crippen molar-refractivity contribution in [3.63, 3.8) is 0 Å². The molecule has 3 fully saturated rings. The molecule has 4 nitrogen and oxygen atoms in total. The van der Waals surface area contributed by atoms with E-state index in [1.54, 1.807) is 0 Å². The summed E-state index contributed by atoms with van der Waals surface area (Å²) in [6.45, 7) is 11.1. The Balaban J connectivity index is 1.56. The highest BCUT2D eigenvalue weighted by Crippen LogP contribution is 2.34. The zero-order chi connectivity index (χ0) is 14.5. The Kier molecular flexibility index (Phi) is 3.57. The summed E-state index contributed by atoms with van der Waals surface area (Å²) < 4.78 is 1.01. The first-order valence-corrected chi connectivity index (χ1v) is 8.20. The molecule has 0 aliphatic carbocycles. The summed E-state index contributed by atoms with van der Waals surface area (Å²) in [4.78, 5) is 17.4. The van der Waals surface area contributed by atoms with Gasteiger partial charge in [0, 0.05) is 38.6 Å². The molecule has 0 saturated carbocycles. The van der Waals surface area contributed by atoms with Crippen LogP contribution in [0.5, 0.6) is 0 Å². The second-order valence-electron chi connectivity index (χ2n) is 8.14. The van der Waals surface area contributed by atoms with Crippen LogP contribution in [0.3, 0.4) is 0 Å². The Morgan fingerprint density at radius 3 is 2.15 bits per heavy atom. The molecule has 0 N–H and O–H groups in total. The van der Waals surface area contributed by atoms with Gasteiger partial charge >= 0.3 is 0 Å². The van der Waals surface area contributed by atoms with Gasteiger partial charge in [0.05, 0.1) is 33.1 Å². The molecule has 0 aromatic rings. The zero-order valence-electron chi connectivity index (χ0n) is 13.5. The largest absolute Gasteiger partial charge is 0.342 e. The number of amides is 1. The fourth-order valence-electron chi connectivity index (χ4n) is 4.38. The number of carbonyl (C=O) groups is 1. The Hall–Kier alpha value is -0.610. The van der Waals surface area contributed by atoms with Crippen LogP contribution in [0.2, 0.25) is 0 Å². The number of likely N-dealkylation sites (tertiary alicyclic amines) is 3. The molecule has 4 heteroatoms. The van der Waals surface area contributed by atoms with Gasteiger partial charge in [0.25, 0.3) is 0 Å². The van der Waals surface area contributed by atoms with Crippen LogP contribution in [-0.2, 0) is 4.79 Å². The predicted molar refractivity (Wildman–Crippen MR) is 80.2 cm³/mol. The van der Waals surface area contributed by atoms with E-state index >= 15 is 0 Å². The minimum Gasteiger partial charge on any atom is -0.342 e. The second kappa shape index (κ2) is 4.99. The lowest BCUT2D eigenvalue weighted by atomic mass is 10.0. The van der Waals surface area contributed by atoms with E-state index in [1.807, 2.05) is 0 Å². The number of hydrogen-bond donors (Lipinski definition) is 0. The number of rotatable bonds is 2. The normalized spacial score (nSPS) is 36.9. The average molecular weight is 280 g/mol. The molecule has 114 valence electrons. The molecule has 3 heterocycles. The highest BCUT2D eigenvalue weighted by atomic mass is 16.2. The summed E-state index contributed by atoms with van der Waals surface area (Å²) in [5.74, 6) is 2.18. The van der Waals surface area contributed by atoms with Crippen LogP contribution in [0.15, 0.2) is 0 Å². The van der Waals surface area contributed by atoms with Crippen molar-refractivity contribution in [1.82, 2.24) is 9.80 Å². The van der Waals surface area contributed by atoms with Crippen LogP contribution < -0.4 is 0 Å². The van der Waals surface area contributed by atoms with E-state index in [0.29, 0.717) is 11.9 Å². The summed E-state index contributed by atoms with van der Waals surface area (Å²) >= 11 is 0. The summed E-state index contributed by atoms with van der Waals surface area (Å²) in [6, 6.07) is 0.651. The highest BCUT2D eigenvalue weighted by Gasteiger charge is 2.45. The lowest BCUT2D eigenvalue weighted by molar-refractivity contribution is -0.878. The Morgan fingerprint density at radius 2 is 1.70 bits per heavy atom. The van der Waals surface area contributed by atoms with Crippen molar-refractivity contribution < 1.29 is 9.28 Å². The van der Waals surface area contributed by atoms with Crippen LogP contribution in [0, 0.1) is 17.8 Å². The third-order valence-corrected chi connectivity index (χ3v) is 5.70. The molecule has 3 atom stereocenters. The maximum atomic E-state index is 12.7. The van der Waals surface area contributed by atoms with Crippen LogP contribution in [0.4, 0.5) is 0 Å². The van der Waals surface area contributed by atoms with Crippen molar-refractivity contribution in [2.45, 2.75) is 26.3 Å². The maximum Gasteiger partial charge on any atom is 0.231 e. The smallest absolute Gasteiger partial charge is 0.231 e. The van der Waals surface area contributed by atoms with Crippen molar-refractivity contribution in [2.24, 2.45) is 17.8 Å². The van der Waals surface area contributed by atoms with Crippen molar-refractivity contribution in [2.75, 3.05) is 53.4 Å². The minimum atomic E-state index is 0.282. The van der Waals surface area contributed by atoms with Gasteiger partial charge in [-0.05, 0) is 25.7 Å². The first kappa shape index (κ1) is 14.3. The molecule has 3 saturated heterocycles. The fraction of sp³-hybridized carbons (Fsp3) is 0.938. The fourth-order valence-corrected chi connectivity index (χ4v) is 4.38. The van der Waals surface area contributed by atoms with E-state index in [1.165, 1.54) is 13.1 Å². The van der Waals surface area contributed by atoms with E-state index in [-0.39, 0.29) is 5.92 Å². The molecular formula is C16H30N3O+. The average Bonchev–Trinajstić information content (AvgIpc) is 2.99. The molecular weight excluding hydrogens is 250 g/mol. The van der Waals surface area contributed by atoms with Gasteiger partial charge in [-0.1, -0.05) is 0 Å². The van der Waals surface area contributed by atoms with E-state index in [0.717, 1.165) is 48.9 Å². The Bertz CT molecular complexity index is 379. The summed E-state index contributed by atoms with van der Waals surface area (Å²) in [6.07, 6.45) is 1.08. The van der Waals surface area contributed by atoms with Crippen molar-refractivity contribution >= 4 is 5.91 Å². The molecule has 0 bridgehead atoms. The Labute approximate surface area is 123 Å². The first-order valence-electron chi connectivity index (χ1n) is 8.20. The molecule has 0 unspecified atom stereocenters. The lowest BCUT2D eigenvalue weighted by Crippen LogP contribution is -2.41. The zero-order valence-corrected chi connectivity index (χ0v) is 13.5. The van der Waals surface area contributed by atoms with Crippen LogP contribution >= 0.6 is 0 Å². The highest BCUT2D eigenvalue weighted by molar-refractivity contribution is 5.79. The van der Waals surface area contributed by atoms with Crippen molar-refractivity contribution in [1.29, 1.82) is 0 Å². The first-order chi connectivity index (χ1) is 9.35. The van der Waals surface area contributed by atoms with Gasteiger partial charge in [0.1, 0.15) is 0 Å². The van der Waals surface area contributed by atoms with Gasteiger partial charge in [-0.3, -0.25) is 4.79 Å². The second-order valence-corrected chi connectivity index (χ2v) is 8.14. The van der Waals surface area contributed by atoms with Crippen LogP contribution in [-0.4, -0.2) is 79.6 Å². The van der Waals surface area contributed by atoms with Crippen LogP contribution in [0.1, 0.15) is 20.3 Å². The molecule has 3 aliphatic rings. The van der Waals surface area contributed by atoms with E-state index in [4.69, 9.17) is 0 Å². The monoisotopic (exact) mass is 280 g/mol.